The van der Waals surface area contributed by atoms with E-state index in [0.717, 1.165) is 19.0 Å². The van der Waals surface area contributed by atoms with Crippen LogP contribution in [0.5, 0.6) is 0 Å². The molecule has 1 saturated carbocycles. The summed E-state index contributed by atoms with van der Waals surface area (Å²) in [5, 5.41) is 0. The third-order valence-electron chi connectivity index (χ3n) is 7.41. The zero-order valence-electron chi connectivity index (χ0n) is 19.5. The van der Waals surface area contributed by atoms with Crippen molar-refractivity contribution in [1.29, 1.82) is 0 Å². The van der Waals surface area contributed by atoms with Gasteiger partial charge in [0, 0.05) is 57.1 Å². The lowest BCUT2D eigenvalue weighted by molar-refractivity contribution is 0.0583. The number of likely N-dealkylation sites (tertiary alicyclic amines) is 1. The maximum atomic E-state index is 4.78. The molecule has 1 aliphatic carbocycles. The lowest BCUT2D eigenvalue weighted by Gasteiger charge is -2.42. The van der Waals surface area contributed by atoms with Gasteiger partial charge in [-0.2, -0.15) is 0 Å². The molecule has 2 aliphatic heterocycles. The molecule has 3 fully saturated rings. The Balaban J connectivity index is 0.00000128. The molecule has 1 aromatic heterocycles. The predicted molar refractivity (Wildman–Crippen MR) is 145 cm³/mol. The van der Waals surface area contributed by atoms with Crippen molar-refractivity contribution in [2.45, 2.75) is 51.1 Å². The minimum atomic E-state index is 0. The van der Waals surface area contributed by atoms with Crippen molar-refractivity contribution in [3.05, 3.63) is 53.9 Å². The van der Waals surface area contributed by atoms with Gasteiger partial charge in [0.25, 0.3) is 0 Å². The Morgan fingerprint density at radius 1 is 0.697 bits per heavy atom. The highest BCUT2D eigenvalue weighted by molar-refractivity contribution is 5.86. The van der Waals surface area contributed by atoms with Crippen molar-refractivity contribution in [2.75, 3.05) is 45.8 Å². The molecule has 0 bridgehead atoms. The molecular weight excluding hydrogens is 475 g/mol. The molecule has 3 heterocycles. The van der Waals surface area contributed by atoms with Crippen LogP contribution in [0.25, 0.3) is 11.1 Å². The Morgan fingerprint density at radius 3 is 1.94 bits per heavy atom. The van der Waals surface area contributed by atoms with Gasteiger partial charge in [-0.15, -0.1) is 37.2 Å². The number of pyridine rings is 1. The zero-order chi connectivity index (χ0) is 20.2. The molecule has 0 atom stereocenters. The van der Waals surface area contributed by atoms with Crippen molar-refractivity contribution in [1.82, 2.24) is 19.7 Å². The number of aromatic nitrogens is 1. The van der Waals surface area contributed by atoms with Gasteiger partial charge in [0.15, 0.2) is 0 Å². The second-order valence-electron chi connectivity index (χ2n) is 9.43. The first-order valence-electron chi connectivity index (χ1n) is 12.1. The summed E-state index contributed by atoms with van der Waals surface area (Å²) in [5.41, 5.74) is 5.13. The molecule has 3 aliphatic rings. The maximum Gasteiger partial charge on any atom is 0.0544 e. The lowest BCUT2D eigenvalue weighted by Crippen LogP contribution is -2.51. The van der Waals surface area contributed by atoms with E-state index in [0.29, 0.717) is 0 Å². The molecular formula is C26H39Cl3N4. The van der Waals surface area contributed by atoms with Crippen LogP contribution in [0.4, 0.5) is 0 Å². The lowest BCUT2D eigenvalue weighted by atomic mass is 9.91. The van der Waals surface area contributed by atoms with Crippen LogP contribution in [0, 0.1) is 0 Å². The molecule has 184 valence electrons. The molecule has 2 saturated heterocycles. The van der Waals surface area contributed by atoms with Gasteiger partial charge >= 0.3 is 0 Å². The summed E-state index contributed by atoms with van der Waals surface area (Å²) in [7, 11) is 0. The highest BCUT2D eigenvalue weighted by atomic mass is 35.5. The minimum Gasteiger partial charge on any atom is -0.303 e. The Morgan fingerprint density at radius 2 is 1.36 bits per heavy atom. The van der Waals surface area contributed by atoms with Gasteiger partial charge in [-0.05, 0) is 62.4 Å². The average molecular weight is 514 g/mol. The van der Waals surface area contributed by atoms with Crippen molar-refractivity contribution in [3.63, 3.8) is 0 Å². The van der Waals surface area contributed by atoms with Gasteiger partial charge in [-0.3, -0.25) is 14.8 Å². The Labute approximate surface area is 218 Å². The first kappa shape index (κ1) is 28.4. The largest absolute Gasteiger partial charge is 0.303 e. The van der Waals surface area contributed by atoms with Gasteiger partial charge in [-0.25, -0.2) is 0 Å². The normalized spacial score (nSPS) is 19.8. The van der Waals surface area contributed by atoms with Gasteiger partial charge in [-0.1, -0.05) is 36.8 Å². The number of rotatable bonds is 7. The number of piperazine rings is 1. The first-order chi connectivity index (χ1) is 14.8. The fourth-order valence-corrected chi connectivity index (χ4v) is 5.11. The van der Waals surface area contributed by atoms with Crippen LogP contribution in [0.1, 0.15) is 43.4 Å². The van der Waals surface area contributed by atoms with E-state index >= 15 is 0 Å². The standard InChI is InChI=1S/C26H36N4.3ClH/c1-2-14-28(13-1)15-12-22-6-8-23(9-7-22)24-10-11-25(27-20-24)21-29-16-18-30(19-17-29)26-4-3-5-26;;;/h6-11,20,26H,1-5,12-19,21H2;3*1H. The smallest absolute Gasteiger partial charge is 0.0544 e. The molecule has 1 aromatic carbocycles. The van der Waals surface area contributed by atoms with Crippen molar-refractivity contribution in [3.8, 4) is 11.1 Å². The third kappa shape index (κ3) is 7.55. The quantitative estimate of drug-likeness (QED) is 0.499. The molecule has 33 heavy (non-hydrogen) atoms. The molecule has 0 spiro atoms. The Bertz CT molecular complexity index is 797. The van der Waals surface area contributed by atoms with Gasteiger partial charge in [0.2, 0.25) is 0 Å². The van der Waals surface area contributed by atoms with E-state index in [-0.39, 0.29) is 37.2 Å². The van der Waals surface area contributed by atoms with Crippen LogP contribution in [-0.2, 0) is 13.0 Å². The summed E-state index contributed by atoms with van der Waals surface area (Å²) in [4.78, 5) is 12.6. The molecule has 7 heteroatoms. The monoisotopic (exact) mass is 512 g/mol. The molecule has 0 radical (unpaired) electrons. The van der Waals surface area contributed by atoms with Gasteiger partial charge < -0.3 is 4.90 Å². The van der Waals surface area contributed by atoms with Gasteiger partial charge in [0.1, 0.15) is 0 Å². The van der Waals surface area contributed by atoms with Crippen LogP contribution in [0.3, 0.4) is 0 Å². The van der Waals surface area contributed by atoms with E-state index in [1.807, 2.05) is 0 Å². The topological polar surface area (TPSA) is 22.6 Å². The molecule has 4 nitrogen and oxygen atoms in total. The SMILES string of the molecule is Cl.Cl.Cl.c1cc(-c2ccc(CN3CCN(C4CCC4)CC3)nc2)ccc1CCN1CCCC1. The number of nitrogens with zero attached hydrogens (tertiary/aromatic N) is 4. The minimum absolute atomic E-state index is 0. The van der Waals surface area contributed by atoms with E-state index in [2.05, 4.69) is 57.3 Å². The fourth-order valence-electron chi connectivity index (χ4n) is 5.11. The Hall–Kier alpha value is -0.880. The number of halogens is 3. The predicted octanol–water partition coefficient (Wildman–Crippen LogP) is 5.32. The third-order valence-corrected chi connectivity index (χ3v) is 7.41. The van der Waals surface area contributed by atoms with Crippen LogP contribution < -0.4 is 0 Å². The van der Waals surface area contributed by atoms with Gasteiger partial charge in [0.05, 0.1) is 5.69 Å². The summed E-state index contributed by atoms with van der Waals surface area (Å²) >= 11 is 0. The maximum absolute atomic E-state index is 4.78. The number of hydrogen-bond acceptors (Lipinski definition) is 4. The van der Waals surface area contributed by atoms with E-state index in [1.165, 1.54) is 100 Å². The summed E-state index contributed by atoms with van der Waals surface area (Å²) in [6.07, 6.45) is 10.2. The van der Waals surface area contributed by atoms with E-state index in [9.17, 15) is 0 Å². The highest BCUT2D eigenvalue weighted by Gasteiger charge is 2.27. The molecule has 5 rings (SSSR count). The second kappa shape index (κ2) is 13.9. The summed E-state index contributed by atoms with van der Waals surface area (Å²) in [6.45, 7) is 9.56. The second-order valence-corrected chi connectivity index (χ2v) is 9.43. The molecule has 2 aromatic rings. The van der Waals surface area contributed by atoms with E-state index < -0.39 is 0 Å². The van der Waals surface area contributed by atoms with Crippen LogP contribution in [-0.4, -0.2) is 71.5 Å². The van der Waals surface area contributed by atoms with Crippen LogP contribution in [0.2, 0.25) is 0 Å². The van der Waals surface area contributed by atoms with Crippen molar-refractivity contribution < 1.29 is 0 Å². The average Bonchev–Trinajstić information content (AvgIpc) is 3.27. The zero-order valence-corrected chi connectivity index (χ0v) is 22.0. The summed E-state index contributed by atoms with van der Waals surface area (Å²) in [6, 6.07) is 14.4. The highest BCUT2D eigenvalue weighted by Crippen LogP contribution is 2.26. The molecule has 0 N–H and O–H groups in total. The van der Waals surface area contributed by atoms with Crippen LogP contribution in [0.15, 0.2) is 42.6 Å². The number of hydrogen-bond donors (Lipinski definition) is 0. The summed E-state index contributed by atoms with van der Waals surface area (Å²) < 4.78 is 0. The Kier molecular flexibility index (Phi) is 11.9. The van der Waals surface area contributed by atoms with Crippen LogP contribution >= 0.6 is 37.2 Å². The van der Waals surface area contributed by atoms with Crippen molar-refractivity contribution in [2.24, 2.45) is 0 Å². The molecule has 0 unspecified atom stereocenters. The molecule has 0 amide bonds. The van der Waals surface area contributed by atoms with E-state index in [1.54, 1.807) is 0 Å². The first-order valence-corrected chi connectivity index (χ1v) is 12.1. The summed E-state index contributed by atoms with van der Waals surface area (Å²) in [5.74, 6) is 0. The number of benzene rings is 1. The fraction of sp³-hybridized carbons (Fsp3) is 0.577. The van der Waals surface area contributed by atoms with E-state index in [4.69, 9.17) is 4.98 Å². The van der Waals surface area contributed by atoms with Crippen molar-refractivity contribution >= 4 is 37.2 Å².